The number of rotatable bonds is 4. The van der Waals surface area contributed by atoms with E-state index in [1.807, 2.05) is 18.2 Å². The van der Waals surface area contributed by atoms with Crippen LogP contribution >= 0.6 is 11.6 Å². The van der Waals surface area contributed by atoms with Crippen molar-refractivity contribution in [3.05, 3.63) is 70.9 Å². The molecule has 0 fully saturated rings. The lowest BCUT2D eigenvalue weighted by Gasteiger charge is -2.11. The molecule has 24 heavy (non-hydrogen) atoms. The molecule has 0 aliphatic heterocycles. The Morgan fingerprint density at radius 1 is 0.917 bits per heavy atom. The average molecular weight is 347 g/mol. The molecule has 7 heteroatoms. The number of anilines is 4. The minimum Gasteiger partial charge on any atom is -0.339 e. The Kier molecular flexibility index (Phi) is 4.57. The van der Waals surface area contributed by atoms with Crippen LogP contribution in [-0.2, 0) is 0 Å². The lowest BCUT2D eigenvalue weighted by Crippen LogP contribution is -2.03. The van der Waals surface area contributed by atoms with Crippen LogP contribution in [0, 0.1) is 18.6 Å². The van der Waals surface area contributed by atoms with E-state index in [-0.39, 0.29) is 5.95 Å². The summed E-state index contributed by atoms with van der Waals surface area (Å²) < 4.78 is 26.3. The molecule has 0 spiro atoms. The van der Waals surface area contributed by atoms with E-state index in [2.05, 4.69) is 20.6 Å². The highest BCUT2D eigenvalue weighted by Crippen LogP contribution is 2.25. The fraction of sp³-hybridized carbons (Fsp3) is 0.0588. The van der Waals surface area contributed by atoms with Crippen LogP contribution in [0.3, 0.4) is 0 Å². The molecule has 0 unspecified atom stereocenters. The number of nitrogens with one attached hydrogen (secondary N) is 2. The first-order valence-electron chi connectivity index (χ1n) is 7.10. The summed E-state index contributed by atoms with van der Waals surface area (Å²) in [5.74, 6) is -1.06. The zero-order chi connectivity index (χ0) is 17.1. The van der Waals surface area contributed by atoms with Gasteiger partial charge in [0.15, 0.2) is 11.6 Å². The molecule has 1 heterocycles. The van der Waals surface area contributed by atoms with Gasteiger partial charge in [0.1, 0.15) is 5.82 Å². The predicted octanol–water partition coefficient (Wildman–Crippen LogP) is 5.20. The second kappa shape index (κ2) is 6.80. The third-order valence-corrected chi connectivity index (χ3v) is 3.50. The van der Waals surface area contributed by atoms with E-state index in [0.717, 1.165) is 12.1 Å². The van der Waals surface area contributed by atoms with E-state index in [1.165, 1.54) is 6.07 Å². The summed E-state index contributed by atoms with van der Waals surface area (Å²) in [6.45, 7) is 1.80. The molecular weight excluding hydrogens is 334 g/mol. The highest BCUT2D eigenvalue weighted by molar-refractivity contribution is 6.33. The first-order chi connectivity index (χ1) is 11.5. The summed E-state index contributed by atoms with van der Waals surface area (Å²) in [6.07, 6.45) is 0. The standard InChI is InChI=1S/C17H13ClF2N4/c1-10-8-16(23-15-5-3-2-4-12(15)18)24-17(21-10)22-11-6-7-13(19)14(20)9-11/h2-9H,1H3,(H2,21,22,23,24). The summed E-state index contributed by atoms with van der Waals surface area (Å²) in [7, 11) is 0. The Morgan fingerprint density at radius 3 is 2.46 bits per heavy atom. The van der Waals surface area contributed by atoms with Crippen molar-refractivity contribution in [1.29, 1.82) is 0 Å². The number of aryl methyl sites for hydroxylation is 1. The fourth-order valence-corrected chi connectivity index (χ4v) is 2.28. The summed E-state index contributed by atoms with van der Waals surface area (Å²) in [5.41, 5.74) is 1.75. The predicted molar refractivity (Wildman–Crippen MR) is 91.1 cm³/mol. The Balaban J connectivity index is 1.86. The molecule has 1 aromatic heterocycles. The quantitative estimate of drug-likeness (QED) is 0.681. The van der Waals surface area contributed by atoms with Gasteiger partial charge in [-0.25, -0.2) is 13.8 Å². The molecule has 0 saturated carbocycles. The zero-order valence-corrected chi connectivity index (χ0v) is 13.4. The Bertz CT molecular complexity index is 886. The highest BCUT2D eigenvalue weighted by Gasteiger charge is 2.07. The van der Waals surface area contributed by atoms with Crippen LogP contribution in [-0.4, -0.2) is 9.97 Å². The number of nitrogens with zero attached hydrogens (tertiary/aromatic N) is 2. The monoisotopic (exact) mass is 346 g/mol. The van der Waals surface area contributed by atoms with Gasteiger partial charge in [0, 0.05) is 23.5 Å². The number of benzene rings is 2. The summed E-state index contributed by atoms with van der Waals surface area (Å²) >= 11 is 6.12. The SMILES string of the molecule is Cc1cc(Nc2ccccc2Cl)nc(Nc2ccc(F)c(F)c2)n1. The molecule has 0 aliphatic carbocycles. The lowest BCUT2D eigenvalue weighted by atomic mass is 10.3. The number of hydrogen-bond donors (Lipinski definition) is 2. The van der Waals surface area contributed by atoms with Crippen molar-refractivity contribution in [3.63, 3.8) is 0 Å². The lowest BCUT2D eigenvalue weighted by molar-refractivity contribution is 0.509. The highest BCUT2D eigenvalue weighted by atomic mass is 35.5. The number of aromatic nitrogens is 2. The van der Waals surface area contributed by atoms with Gasteiger partial charge in [-0.1, -0.05) is 23.7 Å². The maximum atomic E-state index is 13.3. The van der Waals surface area contributed by atoms with Gasteiger partial charge < -0.3 is 10.6 Å². The molecule has 0 bridgehead atoms. The minimum atomic E-state index is -0.943. The first-order valence-corrected chi connectivity index (χ1v) is 7.48. The zero-order valence-electron chi connectivity index (χ0n) is 12.6. The molecule has 0 aliphatic rings. The van der Waals surface area contributed by atoms with Gasteiger partial charge in [-0.2, -0.15) is 4.98 Å². The van der Waals surface area contributed by atoms with E-state index < -0.39 is 11.6 Å². The summed E-state index contributed by atoms with van der Waals surface area (Å²) in [4.78, 5) is 8.54. The van der Waals surface area contributed by atoms with E-state index >= 15 is 0 Å². The Hall–Kier alpha value is -2.73. The second-order valence-corrected chi connectivity index (χ2v) is 5.48. The van der Waals surface area contributed by atoms with E-state index in [0.29, 0.717) is 27.9 Å². The van der Waals surface area contributed by atoms with Crippen molar-refractivity contribution < 1.29 is 8.78 Å². The van der Waals surface area contributed by atoms with Crippen LogP contribution in [0.4, 0.5) is 31.9 Å². The first kappa shape index (κ1) is 16.1. The number of halogens is 3. The molecule has 0 amide bonds. The molecule has 2 N–H and O–H groups in total. The summed E-state index contributed by atoms with van der Waals surface area (Å²) in [5, 5.41) is 6.51. The van der Waals surface area contributed by atoms with Gasteiger partial charge >= 0.3 is 0 Å². The van der Waals surface area contributed by atoms with Gasteiger partial charge in [-0.15, -0.1) is 0 Å². The maximum absolute atomic E-state index is 13.3. The van der Waals surface area contributed by atoms with Crippen LogP contribution in [0.1, 0.15) is 5.69 Å². The third kappa shape index (κ3) is 3.78. The fourth-order valence-electron chi connectivity index (χ4n) is 2.09. The molecule has 0 atom stereocenters. The van der Waals surface area contributed by atoms with Crippen molar-refractivity contribution in [2.45, 2.75) is 6.92 Å². The summed E-state index contributed by atoms with van der Waals surface area (Å²) in [6, 6.07) is 12.5. The molecule has 4 nitrogen and oxygen atoms in total. The van der Waals surface area contributed by atoms with Crippen LogP contribution in [0.15, 0.2) is 48.5 Å². The maximum Gasteiger partial charge on any atom is 0.229 e. The van der Waals surface area contributed by atoms with Crippen molar-refractivity contribution in [2.75, 3.05) is 10.6 Å². The van der Waals surface area contributed by atoms with Gasteiger partial charge in [-0.3, -0.25) is 0 Å². The van der Waals surface area contributed by atoms with Gasteiger partial charge in [0.05, 0.1) is 10.7 Å². The molecule has 2 aromatic carbocycles. The van der Waals surface area contributed by atoms with E-state index in [1.54, 1.807) is 19.1 Å². The van der Waals surface area contributed by atoms with E-state index in [9.17, 15) is 8.78 Å². The average Bonchev–Trinajstić information content (AvgIpc) is 2.53. The Morgan fingerprint density at radius 2 is 1.71 bits per heavy atom. The minimum absolute atomic E-state index is 0.260. The number of hydrogen-bond acceptors (Lipinski definition) is 4. The van der Waals surface area contributed by atoms with Crippen LogP contribution in [0.5, 0.6) is 0 Å². The van der Waals surface area contributed by atoms with Crippen molar-refractivity contribution in [3.8, 4) is 0 Å². The van der Waals surface area contributed by atoms with Gasteiger partial charge in [-0.05, 0) is 31.2 Å². The van der Waals surface area contributed by atoms with Gasteiger partial charge in [0.25, 0.3) is 0 Å². The van der Waals surface area contributed by atoms with Crippen molar-refractivity contribution >= 4 is 34.7 Å². The molecule has 3 rings (SSSR count). The van der Waals surface area contributed by atoms with Crippen LogP contribution < -0.4 is 10.6 Å². The normalized spacial score (nSPS) is 10.5. The molecular formula is C17H13ClF2N4. The smallest absolute Gasteiger partial charge is 0.229 e. The largest absolute Gasteiger partial charge is 0.339 e. The molecule has 3 aromatic rings. The number of para-hydroxylation sites is 1. The van der Waals surface area contributed by atoms with E-state index in [4.69, 9.17) is 11.6 Å². The van der Waals surface area contributed by atoms with Crippen LogP contribution in [0.25, 0.3) is 0 Å². The second-order valence-electron chi connectivity index (χ2n) is 5.08. The molecule has 0 radical (unpaired) electrons. The van der Waals surface area contributed by atoms with Crippen molar-refractivity contribution in [1.82, 2.24) is 9.97 Å². The Labute approximate surface area is 142 Å². The van der Waals surface area contributed by atoms with Crippen molar-refractivity contribution in [2.24, 2.45) is 0 Å². The van der Waals surface area contributed by atoms with Crippen LogP contribution in [0.2, 0.25) is 5.02 Å². The van der Waals surface area contributed by atoms with Gasteiger partial charge in [0.2, 0.25) is 5.95 Å². The topological polar surface area (TPSA) is 49.8 Å². The molecule has 0 saturated heterocycles. The third-order valence-electron chi connectivity index (χ3n) is 3.17. The molecule has 122 valence electrons.